The zero-order valence-electron chi connectivity index (χ0n) is 11.6. The number of hydroxylamine groups is 2. The highest BCUT2D eigenvalue weighted by molar-refractivity contribution is 5.82. The molecule has 0 aliphatic carbocycles. The minimum atomic E-state index is -2.76. The number of carbonyl (C=O) groups excluding carboxylic acids is 1. The van der Waals surface area contributed by atoms with E-state index < -0.39 is 23.8 Å². The van der Waals surface area contributed by atoms with E-state index >= 15 is 0 Å². The first-order valence-electron chi connectivity index (χ1n) is 6.37. The molecule has 1 atom stereocenters. The Balaban J connectivity index is 2.23. The van der Waals surface area contributed by atoms with Gasteiger partial charge in [-0.25, -0.2) is 13.8 Å². The molecular formula is C13H17F2N3O2. The third-order valence-electron chi connectivity index (χ3n) is 3.34. The Kier molecular flexibility index (Phi) is 3.99. The number of halogens is 2. The first kappa shape index (κ1) is 14.8. The maximum atomic E-state index is 13.0. The van der Waals surface area contributed by atoms with Gasteiger partial charge < -0.3 is 0 Å². The maximum absolute atomic E-state index is 13.0. The highest BCUT2D eigenvalue weighted by Crippen LogP contribution is 2.35. The van der Waals surface area contributed by atoms with Crippen molar-refractivity contribution in [2.45, 2.75) is 39.7 Å². The molecule has 0 unspecified atom stereocenters. The lowest BCUT2D eigenvalue weighted by atomic mass is 9.92. The van der Waals surface area contributed by atoms with Gasteiger partial charge in [-0.1, -0.05) is 0 Å². The molecule has 1 aromatic rings. The molecule has 110 valence electrons. The second kappa shape index (κ2) is 5.40. The van der Waals surface area contributed by atoms with E-state index in [0.29, 0.717) is 18.7 Å². The summed E-state index contributed by atoms with van der Waals surface area (Å²) in [6, 6.07) is -0.464. The fraction of sp³-hybridized carbons (Fsp3) is 0.615. The molecule has 1 saturated heterocycles. The summed E-state index contributed by atoms with van der Waals surface area (Å²) in [5.74, 6) is -0.739. The second-order valence-corrected chi connectivity index (χ2v) is 5.37. The molecule has 7 heteroatoms. The summed E-state index contributed by atoms with van der Waals surface area (Å²) < 4.78 is 25.9. The van der Waals surface area contributed by atoms with Crippen LogP contribution in [0.5, 0.6) is 0 Å². The Morgan fingerprint density at radius 1 is 1.45 bits per heavy atom. The van der Waals surface area contributed by atoms with Gasteiger partial charge in [0, 0.05) is 12.6 Å². The van der Waals surface area contributed by atoms with E-state index in [0.717, 1.165) is 10.8 Å². The summed E-state index contributed by atoms with van der Waals surface area (Å²) in [5, 5.41) is 1.02. The molecule has 2 heterocycles. The van der Waals surface area contributed by atoms with Crippen molar-refractivity contribution in [2.75, 3.05) is 6.61 Å². The van der Waals surface area contributed by atoms with Crippen molar-refractivity contribution in [1.29, 1.82) is 0 Å². The number of aromatic nitrogens is 2. The van der Waals surface area contributed by atoms with Gasteiger partial charge in [-0.3, -0.25) is 19.6 Å². The summed E-state index contributed by atoms with van der Waals surface area (Å²) in [6.45, 7) is 4.51. The van der Waals surface area contributed by atoms with E-state index in [1.807, 2.05) is 0 Å². The highest BCUT2D eigenvalue weighted by Gasteiger charge is 2.45. The molecule has 0 radical (unpaired) electrons. The standard InChI is InChI=1S/C13H17F2N3O2/c1-8-6-17-9(7-16-8)10-4-5-20-18(10)12(19)13(2,3)11(14)15/h6-7,10-11H,4-5H2,1-3H3/t10-/m0/s1. The third kappa shape index (κ3) is 2.63. The monoisotopic (exact) mass is 285 g/mol. The van der Waals surface area contributed by atoms with Crippen LogP contribution in [0.3, 0.4) is 0 Å². The average molecular weight is 285 g/mol. The van der Waals surface area contributed by atoms with Crippen LogP contribution in [0.25, 0.3) is 0 Å². The van der Waals surface area contributed by atoms with E-state index in [1.54, 1.807) is 19.3 Å². The summed E-state index contributed by atoms with van der Waals surface area (Å²) in [5.41, 5.74) is -0.495. The Labute approximate surface area is 115 Å². The van der Waals surface area contributed by atoms with Crippen LogP contribution in [0.15, 0.2) is 12.4 Å². The number of carbonyl (C=O) groups is 1. The molecule has 0 spiro atoms. The largest absolute Gasteiger partial charge is 0.272 e. The van der Waals surface area contributed by atoms with Crippen molar-refractivity contribution in [3.63, 3.8) is 0 Å². The maximum Gasteiger partial charge on any atom is 0.258 e. The zero-order valence-corrected chi connectivity index (χ0v) is 11.6. The number of hydrogen-bond acceptors (Lipinski definition) is 4. The van der Waals surface area contributed by atoms with Crippen LogP contribution in [0, 0.1) is 12.3 Å². The fourth-order valence-electron chi connectivity index (χ4n) is 1.89. The van der Waals surface area contributed by atoms with Crippen LogP contribution >= 0.6 is 0 Å². The summed E-state index contributed by atoms with van der Waals surface area (Å²) in [4.78, 5) is 25.8. The van der Waals surface area contributed by atoms with E-state index in [2.05, 4.69) is 9.97 Å². The predicted octanol–water partition coefficient (Wildman–Crippen LogP) is 2.28. The van der Waals surface area contributed by atoms with Crippen LogP contribution in [-0.4, -0.2) is 34.0 Å². The minimum absolute atomic E-state index is 0.297. The number of alkyl halides is 2. The zero-order chi connectivity index (χ0) is 14.9. The Morgan fingerprint density at radius 3 is 2.70 bits per heavy atom. The average Bonchev–Trinajstić information content (AvgIpc) is 2.87. The van der Waals surface area contributed by atoms with E-state index in [9.17, 15) is 13.6 Å². The number of nitrogens with zero attached hydrogens (tertiary/aromatic N) is 3. The molecule has 1 aromatic heterocycles. The normalized spacial score (nSPS) is 19.7. The molecule has 0 aromatic carbocycles. The molecule has 20 heavy (non-hydrogen) atoms. The minimum Gasteiger partial charge on any atom is -0.272 e. The molecule has 0 N–H and O–H groups in total. The molecule has 0 bridgehead atoms. The van der Waals surface area contributed by atoms with Gasteiger partial charge in [0.25, 0.3) is 12.3 Å². The fourth-order valence-corrected chi connectivity index (χ4v) is 1.89. The van der Waals surface area contributed by atoms with Crippen molar-refractivity contribution >= 4 is 5.91 Å². The smallest absolute Gasteiger partial charge is 0.258 e. The van der Waals surface area contributed by atoms with Gasteiger partial charge in [0.1, 0.15) is 11.5 Å². The lowest BCUT2D eigenvalue weighted by molar-refractivity contribution is -0.194. The molecule has 1 aliphatic heterocycles. The molecule has 1 fully saturated rings. The molecule has 1 aliphatic rings. The van der Waals surface area contributed by atoms with Crippen molar-refractivity contribution in [1.82, 2.24) is 15.0 Å². The first-order valence-corrected chi connectivity index (χ1v) is 6.37. The van der Waals surface area contributed by atoms with Crippen molar-refractivity contribution < 1.29 is 18.4 Å². The molecule has 1 amide bonds. The summed E-state index contributed by atoms with van der Waals surface area (Å²) in [6.07, 6.45) is 0.880. The van der Waals surface area contributed by atoms with Gasteiger partial charge in [-0.2, -0.15) is 0 Å². The van der Waals surface area contributed by atoms with Gasteiger partial charge in [0.05, 0.1) is 24.2 Å². The van der Waals surface area contributed by atoms with Gasteiger partial charge in [-0.05, 0) is 20.8 Å². The highest BCUT2D eigenvalue weighted by atomic mass is 19.3. The first-order chi connectivity index (χ1) is 9.34. The number of hydrogen-bond donors (Lipinski definition) is 0. The summed E-state index contributed by atoms with van der Waals surface area (Å²) >= 11 is 0. The number of rotatable bonds is 3. The van der Waals surface area contributed by atoms with Gasteiger partial charge >= 0.3 is 0 Å². The van der Waals surface area contributed by atoms with Gasteiger partial charge in [0.15, 0.2) is 0 Å². The topological polar surface area (TPSA) is 55.3 Å². The second-order valence-electron chi connectivity index (χ2n) is 5.37. The van der Waals surface area contributed by atoms with Gasteiger partial charge in [0.2, 0.25) is 0 Å². The van der Waals surface area contributed by atoms with E-state index in [-0.39, 0.29) is 0 Å². The van der Waals surface area contributed by atoms with Crippen LogP contribution in [0.1, 0.15) is 37.7 Å². The van der Waals surface area contributed by atoms with E-state index in [4.69, 9.17) is 4.84 Å². The lowest BCUT2D eigenvalue weighted by Crippen LogP contribution is -2.43. The Bertz CT molecular complexity index is 491. The Morgan fingerprint density at radius 2 is 2.15 bits per heavy atom. The lowest BCUT2D eigenvalue weighted by Gasteiger charge is -2.30. The predicted molar refractivity (Wildman–Crippen MR) is 66.7 cm³/mol. The quantitative estimate of drug-likeness (QED) is 0.855. The van der Waals surface area contributed by atoms with Crippen LogP contribution < -0.4 is 0 Å². The SMILES string of the molecule is Cc1cnc([C@@H]2CCON2C(=O)C(C)(C)C(F)F)cn1. The van der Waals surface area contributed by atoms with Gasteiger partial charge in [-0.15, -0.1) is 0 Å². The van der Waals surface area contributed by atoms with Crippen molar-refractivity contribution in [3.05, 3.63) is 23.8 Å². The van der Waals surface area contributed by atoms with Crippen LogP contribution in [0.2, 0.25) is 0 Å². The molecule has 2 rings (SSSR count). The molecule has 5 nitrogen and oxygen atoms in total. The van der Waals surface area contributed by atoms with E-state index in [1.165, 1.54) is 13.8 Å². The molecular weight excluding hydrogens is 268 g/mol. The third-order valence-corrected chi connectivity index (χ3v) is 3.34. The van der Waals surface area contributed by atoms with Crippen LogP contribution in [-0.2, 0) is 9.63 Å². The Hall–Kier alpha value is -1.63. The number of aryl methyl sites for hydroxylation is 1. The molecule has 0 saturated carbocycles. The van der Waals surface area contributed by atoms with Crippen molar-refractivity contribution in [2.24, 2.45) is 5.41 Å². The van der Waals surface area contributed by atoms with Crippen LogP contribution in [0.4, 0.5) is 8.78 Å². The summed E-state index contributed by atoms with van der Waals surface area (Å²) in [7, 11) is 0. The van der Waals surface area contributed by atoms with Crippen molar-refractivity contribution in [3.8, 4) is 0 Å². The number of amides is 1.